The molecule has 0 aliphatic heterocycles. The number of nitrogens with zero attached hydrogens (tertiary/aromatic N) is 2. The minimum Gasteiger partial charge on any atom is -0.310 e. The molecule has 2 heteroatoms. The zero-order valence-electron chi connectivity index (χ0n) is 43.2. The monoisotopic (exact) mass is 959 g/mol. The second-order valence-corrected chi connectivity index (χ2v) is 21.3. The molecule has 2 fully saturated rings. The summed E-state index contributed by atoms with van der Waals surface area (Å²) < 4.78 is 0. The van der Waals surface area contributed by atoms with Crippen molar-refractivity contribution in [3.8, 4) is 11.1 Å². The van der Waals surface area contributed by atoms with Crippen LogP contribution in [0.5, 0.6) is 0 Å². The van der Waals surface area contributed by atoms with Crippen molar-refractivity contribution in [3.05, 3.63) is 245 Å². The maximum atomic E-state index is 4.96. The Morgan fingerprint density at radius 2 is 0.878 bits per heavy atom. The summed E-state index contributed by atoms with van der Waals surface area (Å²) in [5, 5.41) is 9.14. The molecule has 74 heavy (non-hydrogen) atoms. The Morgan fingerprint density at radius 1 is 0.419 bits per heavy atom. The average Bonchev–Trinajstić information content (AvgIpc) is 3.45. The van der Waals surface area contributed by atoms with E-state index in [2.05, 4.69) is 236 Å². The van der Waals surface area contributed by atoms with Crippen LogP contribution < -0.4 is 20.2 Å². The molecule has 0 amide bonds. The standard InChI is InChI=1S/C72H66N2/c1-49-23-33-61(34-24-49)73(63-37-29-56(30-38-63)53-16-7-5-8-17-53)65-42-44-68-69(47-65)71(52(4)45-58-21-12-11-15-51(58)3)67-43-41-66(48-70(67)72(68)60-28-27-55-20-13-14-22-59(55)46-60)74(62-35-25-50(2)26-36-62)64-39-31-57(32-40-64)54-18-9-6-10-19-54/h11-15,20-48,53-54H,3-10,16-19H2,1-2H3/b58-45-. The lowest BCUT2D eigenvalue weighted by molar-refractivity contribution is 0.443. The van der Waals surface area contributed by atoms with Gasteiger partial charge < -0.3 is 9.80 Å². The Hall–Kier alpha value is -7.94. The van der Waals surface area contributed by atoms with E-state index in [0.717, 1.165) is 66.5 Å². The normalized spacial score (nSPS) is 14.7. The summed E-state index contributed by atoms with van der Waals surface area (Å²) in [5.41, 5.74) is 16.6. The molecule has 10 aromatic rings. The highest BCUT2D eigenvalue weighted by atomic mass is 15.1. The molecule has 12 rings (SSSR count). The van der Waals surface area contributed by atoms with Gasteiger partial charge in [-0.2, -0.15) is 0 Å². The molecule has 0 N–H and O–H groups in total. The zero-order valence-corrected chi connectivity index (χ0v) is 43.2. The van der Waals surface area contributed by atoms with E-state index < -0.39 is 0 Å². The number of rotatable bonds is 11. The van der Waals surface area contributed by atoms with Gasteiger partial charge in [0.25, 0.3) is 0 Å². The lowest BCUT2D eigenvalue weighted by atomic mass is 9.84. The maximum Gasteiger partial charge on any atom is 0.0468 e. The second-order valence-electron chi connectivity index (χ2n) is 21.3. The first-order valence-electron chi connectivity index (χ1n) is 27.2. The van der Waals surface area contributed by atoms with Crippen molar-refractivity contribution < 1.29 is 0 Å². The molecule has 0 saturated heterocycles. The summed E-state index contributed by atoms with van der Waals surface area (Å²) >= 11 is 0. The van der Waals surface area contributed by atoms with E-state index in [-0.39, 0.29) is 0 Å². The van der Waals surface area contributed by atoms with Crippen LogP contribution in [0.4, 0.5) is 34.1 Å². The molecule has 0 aromatic heterocycles. The third-order valence-corrected chi connectivity index (χ3v) is 16.4. The molecular weight excluding hydrogens is 893 g/mol. The quantitative estimate of drug-likeness (QED) is 0.119. The van der Waals surface area contributed by atoms with Gasteiger partial charge in [0.15, 0.2) is 0 Å². The maximum absolute atomic E-state index is 4.96. The predicted molar refractivity (Wildman–Crippen MR) is 320 cm³/mol. The van der Waals surface area contributed by atoms with Crippen LogP contribution in [0.2, 0.25) is 0 Å². The molecular formula is C72H66N2. The lowest BCUT2D eigenvalue weighted by Gasteiger charge is -2.29. The van der Waals surface area contributed by atoms with Crippen molar-refractivity contribution in [2.45, 2.75) is 89.9 Å². The van der Waals surface area contributed by atoms with Gasteiger partial charge in [-0.1, -0.05) is 184 Å². The van der Waals surface area contributed by atoms with E-state index in [4.69, 9.17) is 6.58 Å². The molecule has 0 heterocycles. The molecule has 0 bridgehead atoms. The van der Waals surface area contributed by atoms with Gasteiger partial charge in [0.05, 0.1) is 0 Å². The summed E-state index contributed by atoms with van der Waals surface area (Å²) in [6.45, 7) is 13.8. The van der Waals surface area contributed by atoms with Crippen molar-refractivity contribution in [1.29, 1.82) is 0 Å². The Kier molecular flexibility index (Phi) is 13.1. The Morgan fingerprint density at radius 3 is 1.42 bits per heavy atom. The number of aryl methyl sites for hydroxylation is 2. The number of hydrogen-bond acceptors (Lipinski definition) is 2. The van der Waals surface area contributed by atoms with Crippen molar-refractivity contribution in [3.63, 3.8) is 0 Å². The first-order chi connectivity index (χ1) is 36.3. The molecule has 0 spiro atoms. The van der Waals surface area contributed by atoms with Crippen LogP contribution >= 0.6 is 0 Å². The SMILES string of the molecule is C=C(/C=c1/ccccc1=C)c1c2cc(N(c3ccc(C)cc3)c3ccc(C4CCCCC4)cc3)ccc2c(-c2ccc3ccccc3c2)c2cc(N(c3ccc(C)cc3)c3ccc(C4CCCCC4)cc3)ccc12. The molecule has 2 nitrogen and oxygen atoms in total. The van der Waals surface area contributed by atoms with Crippen LogP contribution in [0.1, 0.15) is 104 Å². The summed E-state index contributed by atoms with van der Waals surface area (Å²) in [7, 11) is 0. The Bertz CT molecular complexity index is 3780. The lowest BCUT2D eigenvalue weighted by Crippen LogP contribution is -2.21. The summed E-state index contributed by atoms with van der Waals surface area (Å²) in [4.78, 5) is 4.88. The highest BCUT2D eigenvalue weighted by molar-refractivity contribution is 6.22. The zero-order chi connectivity index (χ0) is 50.1. The smallest absolute Gasteiger partial charge is 0.0468 e. The predicted octanol–water partition coefficient (Wildman–Crippen LogP) is 19.4. The summed E-state index contributed by atoms with van der Waals surface area (Å²) in [5.74, 6) is 1.27. The van der Waals surface area contributed by atoms with Gasteiger partial charge in [-0.05, 0) is 212 Å². The molecule has 0 radical (unpaired) electrons. The van der Waals surface area contributed by atoms with Crippen molar-refractivity contribution >= 4 is 84.7 Å². The van der Waals surface area contributed by atoms with Gasteiger partial charge in [-0.15, -0.1) is 0 Å². The van der Waals surface area contributed by atoms with Gasteiger partial charge in [0.1, 0.15) is 0 Å². The van der Waals surface area contributed by atoms with Crippen LogP contribution in [-0.2, 0) is 0 Å². The molecule has 0 atom stereocenters. The number of allylic oxidation sites excluding steroid dienone is 1. The van der Waals surface area contributed by atoms with Gasteiger partial charge in [-0.3, -0.25) is 0 Å². The number of fused-ring (bicyclic) bond motifs is 3. The molecule has 10 aromatic carbocycles. The van der Waals surface area contributed by atoms with Gasteiger partial charge in [-0.25, -0.2) is 0 Å². The number of anilines is 6. The van der Waals surface area contributed by atoms with Crippen LogP contribution in [0.15, 0.2) is 207 Å². The highest BCUT2D eigenvalue weighted by Crippen LogP contribution is 2.48. The van der Waals surface area contributed by atoms with Crippen molar-refractivity contribution in [1.82, 2.24) is 0 Å². The minimum atomic E-state index is 0.637. The van der Waals surface area contributed by atoms with Gasteiger partial charge in [0, 0.05) is 34.1 Å². The van der Waals surface area contributed by atoms with E-state index in [1.165, 1.54) is 119 Å². The third kappa shape index (κ3) is 9.35. The van der Waals surface area contributed by atoms with Gasteiger partial charge >= 0.3 is 0 Å². The molecule has 2 aliphatic rings. The third-order valence-electron chi connectivity index (χ3n) is 16.4. The van der Waals surface area contributed by atoms with Crippen LogP contribution in [-0.4, -0.2) is 0 Å². The van der Waals surface area contributed by atoms with E-state index >= 15 is 0 Å². The fourth-order valence-corrected chi connectivity index (χ4v) is 12.4. The molecule has 2 saturated carbocycles. The minimum absolute atomic E-state index is 0.637. The van der Waals surface area contributed by atoms with Crippen molar-refractivity contribution in [2.75, 3.05) is 9.80 Å². The Labute approximate surface area is 438 Å². The fourth-order valence-electron chi connectivity index (χ4n) is 12.4. The molecule has 2 aliphatic carbocycles. The summed E-state index contributed by atoms with van der Waals surface area (Å²) in [6, 6.07) is 75.3. The molecule has 364 valence electrons. The van der Waals surface area contributed by atoms with E-state index in [1.54, 1.807) is 0 Å². The second kappa shape index (κ2) is 20.5. The summed E-state index contributed by atoms with van der Waals surface area (Å²) in [6.07, 6.45) is 15.3. The van der Waals surface area contributed by atoms with E-state index in [1.807, 2.05) is 0 Å². The first kappa shape index (κ1) is 47.1. The van der Waals surface area contributed by atoms with Crippen LogP contribution in [0.3, 0.4) is 0 Å². The highest BCUT2D eigenvalue weighted by Gasteiger charge is 2.24. The molecule has 0 unspecified atom stereocenters. The van der Waals surface area contributed by atoms with Crippen LogP contribution in [0.25, 0.3) is 61.7 Å². The number of hydrogen-bond donors (Lipinski definition) is 0. The topological polar surface area (TPSA) is 6.48 Å². The fraction of sp³-hybridized carbons (Fsp3) is 0.194. The Balaban J connectivity index is 1.12. The van der Waals surface area contributed by atoms with Crippen molar-refractivity contribution in [2.24, 2.45) is 0 Å². The van der Waals surface area contributed by atoms with Crippen LogP contribution in [0, 0.1) is 13.8 Å². The van der Waals surface area contributed by atoms with E-state index in [0.29, 0.717) is 11.8 Å². The number of benzene rings is 10. The largest absolute Gasteiger partial charge is 0.310 e. The van der Waals surface area contributed by atoms with E-state index in [9.17, 15) is 0 Å². The average molecular weight is 959 g/mol. The first-order valence-corrected chi connectivity index (χ1v) is 27.2. The van der Waals surface area contributed by atoms with Gasteiger partial charge in [0.2, 0.25) is 0 Å².